The summed E-state index contributed by atoms with van der Waals surface area (Å²) < 4.78 is 14.2. The Hall–Kier alpha value is -1.38. The van der Waals surface area contributed by atoms with Crippen LogP contribution in [0.4, 0.5) is 10.1 Å². The van der Waals surface area contributed by atoms with E-state index in [1.54, 1.807) is 12.1 Å². The second-order valence-electron chi connectivity index (χ2n) is 6.39. The summed E-state index contributed by atoms with van der Waals surface area (Å²) in [6.07, 6.45) is 7.63. The molecule has 1 heterocycles. The highest BCUT2D eigenvalue weighted by atomic mass is 19.1. The van der Waals surface area contributed by atoms with Gasteiger partial charge in [-0.3, -0.25) is 4.79 Å². The third-order valence-electron chi connectivity index (χ3n) is 5.17. The fraction of sp³-hybridized carbons (Fsp3) is 0.588. The molecule has 1 aromatic rings. The molecule has 0 N–H and O–H groups in total. The molecule has 1 aromatic carbocycles. The van der Waals surface area contributed by atoms with E-state index >= 15 is 0 Å². The van der Waals surface area contributed by atoms with Crippen LogP contribution in [-0.4, -0.2) is 18.9 Å². The largest absolute Gasteiger partial charge is 0.369 e. The van der Waals surface area contributed by atoms with Gasteiger partial charge in [-0.1, -0.05) is 18.9 Å². The molecule has 1 saturated carbocycles. The summed E-state index contributed by atoms with van der Waals surface area (Å²) >= 11 is 0. The third-order valence-corrected chi connectivity index (χ3v) is 5.17. The Kier molecular flexibility index (Phi) is 3.53. The lowest BCUT2D eigenvalue weighted by Gasteiger charge is -2.41. The van der Waals surface area contributed by atoms with Crippen LogP contribution in [0.2, 0.25) is 0 Å². The fourth-order valence-corrected chi connectivity index (χ4v) is 3.95. The average Bonchev–Trinajstić information content (AvgIpc) is 2.88. The first-order valence-electron chi connectivity index (χ1n) is 7.66. The number of benzene rings is 1. The maximum absolute atomic E-state index is 14.2. The van der Waals surface area contributed by atoms with Crippen molar-refractivity contribution in [2.75, 3.05) is 18.0 Å². The van der Waals surface area contributed by atoms with Crippen molar-refractivity contribution in [2.45, 2.75) is 45.4 Å². The monoisotopic (exact) mass is 275 g/mol. The van der Waals surface area contributed by atoms with E-state index in [4.69, 9.17) is 0 Å². The number of halogens is 1. The predicted octanol–water partition coefficient (Wildman–Crippen LogP) is 4.19. The number of Topliss-reactive ketones (excluding diaryl/α,β-unsaturated/α-hetero) is 1. The van der Waals surface area contributed by atoms with Gasteiger partial charge in [-0.05, 0) is 50.2 Å². The van der Waals surface area contributed by atoms with Gasteiger partial charge in [0.05, 0.1) is 5.69 Å². The van der Waals surface area contributed by atoms with Crippen molar-refractivity contribution in [2.24, 2.45) is 5.41 Å². The molecule has 3 rings (SSSR count). The molecule has 1 saturated heterocycles. The molecule has 2 aliphatic rings. The average molecular weight is 275 g/mol. The Balaban J connectivity index is 1.83. The molecule has 2 fully saturated rings. The Morgan fingerprint density at radius 3 is 2.40 bits per heavy atom. The van der Waals surface area contributed by atoms with E-state index in [0.29, 0.717) is 16.7 Å². The number of nitrogens with zero attached hydrogens (tertiary/aromatic N) is 1. The van der Waals surface area contributed by atoms with Crippen LogP contribution in [0.3, 0.4) is 0 Å². The van der Waals surface area contributed by atoms with Gasteiger partial charge in [-0.15, -0.1) is 0 Å². The highest BCUT2D eigenvalue weighted by Gasteiger charge is 2.37. The van der Waals surface area contributed by atoms with Gasteiger partial charge in [0.15, 0.2) is 5.78 Å². The summed E-state index contributed by atoms with van der Waals surface area (Å²) in [6, 6.07) is 4.82. The van der Waals surface area contributed by atoms with Crippen LogP contribution in [0.5, 0.6) is 0 Å². The molecule has 1 spiro atoms. The number of piperidine rings is 1. The predicted molar refractivity (Wildman–Crippen MR) is 78.8 cm³/mol. The van der Waals surface area contributed by atoms with Crippen molar-refractivity contribution in [1.82, 2.24) is 0 Å². The van der Waals surface area contributed by atoms with Gasteiger partial charge >= 0.3 is 0 Å². The van der Waals surface area contributed by atoms with E-state index in [1.165, 1.54) is 38.7 Å². The number of para-hydroxylation sites is 1. The van der Waals surface area contributed by atoms with Gasteiger partial charge < -0.3 is 4.90 Å². The SMILES string of the molecule is CC(=O)c1cccc(F)c1N1CCC2(CCCC2)CC1. The molecule has 0 atom stereocenters. The molecule has 20 heavy (non-hydrogen) atoms. The molecule has 3 heteroatoms. The van der Waals surface area contributed by atoms with Crippen LogP contribution in [0.1, 0.15) is 55.8 Å². The lowest BCUT2D eigenvalue weighted by Crippen LogP contribution is -2.39. The maximum Gasteiger partial charge on any atom is 0.161 e. The molecular formula is C17H22FNO. The minimum atomic E-state index is -0.264. The van der Waals surface area contributed by atoms with Crippen molar-refractivity contribution in [3.63, 3.8) is 0 Å². The molecular weight excluding hydrogens is 253 g/mol. The minimum Gasteiger partial charge on any atom is -0.369 e. The van der Waals surface area contributed by atoms with E-state index in [2.05, 4.69) is 4.90 Å². The number of anilines is 1. The molecule has 1 aliphatic heterocycles. The number of rotatable bonds is 2. The van der Waals surface area contributed by atoms with E-state index in [1.807, 2.05) is 0 Å². The molecule has 0 amide bonds. The van der Waals surface area contributed by atoms with Crippen molar-refractivity contribution in [3.8, 4) is 0 Å². The number of carbonyl (C=O) groups is 1. The van der Waals surface area contributed by atoms with Crippen molar-refractivity contribution >= 4 is 11.5 Å². The van der Waals surface area contributed by atoms with Crippen molar-refractivity contribution in [1.29, 1.82) is 0 Å². The normalized spacial score (nSPS) is 21.4. The number of hydrogen-bond donors (Lipinski definition) is 0. The second-order valence-corrected chi connectivity index (χ2v) is 6.39. The van der Waals surface area contributed by atoms with Gasteiger partial charge in [-0.25, -0.2) is 4.39 Å². The van der Waals surface area contributed by atoms with Crippen LogP contribution >= 0.6 is 0 Å². The topological polar surface area (TPSA) is 20.3 Å². The van der Waals surface area contributed by atoms with Crippen LogP contribution in [0, 0.1) is 11.2 Å². The van der Waals surface area contributed by atoms with Gasteiger partial charge in [0, 0.05) is 18.7 Å². The van der Waals surface area contributed by atoms with Crippen LogP contribution in [0.15, 0.2) is 18.2 Å². The molecule has 108 valence electrons. The van der Waals surface area contributed by atoms with Gasteiger partial charge in [0.2, 0.25) is 0 Å². The number of ketones is 1. The Bertz CT molecular complexity index is 510. The molecule has 1 aliphatic carbocycles. The highest BCUT2D eigenvalue weighted by molar-refractivity contribution is 5.99. The highest BCUT2D eigenvalue weighted by Crippen LogP contribution is 2.47. The first-order chi connectivity index (χ1) is 9.61. The molecule has 0 unspecified atom stereocenters. The van der Waals surface area contributed by atoms with Crippen LogP contribution in [0.25, 0.3) is 0 Å². The van der Waals surface area contributed by atoms with Gasteiger partial charge in [0.25, 0.3) is 0 Å². The summed E-state index contributed by atoms with van der Waals surface area (Å²) in [7, 11) is 0. The maximum atomic E-state index is 14.2. The van der Waals surface area contributed by atoms with E-state index < -0.39 is 0 Å². The summed E-state index contributed by atoms with van der Waals surface area (Å²) in [5, 5.41) is 0. The molecule has 0 radical (unpaired) electrons. The number of carbonyl (C=O) groups excluding carboxylic acids is 1. The van der Waals surface area contributed by atoms with E-state index in [-0.39, 0.29) is 11.6 Å². The molecule has 2 nitrogen and oxygen atoms in total. The van der Waals surface area contributed by atoms with Crippen LogP contribution in [-0.2, 0) is 0 Å². The van der Waals surface area contributed by atoms with E-state index in [0.717, 1.165) is 25.9 Å². The summed E-state index contributed by atoms with van der Waals surface area (Å²) in [5.74, 6) is -0.319. The molecule has 0 bridgehead atoms. The summed E-state index contributed by atoms with van der Waals surface area (Å²) in [4.78, 5) is 13.8. The first kappa shape index (κ1) is 13.6. The smallest absolute Gasteiger partial charge is 0.161 e. The standard InChI is InChI=1S/C17H22FNO/c1-13(20)14-5-4-6-15(18)16(14)19-11-9-17(10-12-19)7-2-3-8-17/h4-6H,2-3,7-12H2,1H3. The Labute approximate surface area is 120 Å². The summed E-state index contributed by atoms with van der Waals surface area (Å²) in [5.41, 5.74) is 1.55. The zero-order valence-electron chi connectivity index (χ0n) is 12.1. The quantitative estimate of drug-likeness (QED) is 0.754. The van der Waals surface area contributed by atoms with Gasteiger partial charge in [-0.2, -0.15) is 0 Å². The lowest BCUT2D eigenvalue weighted by molar-refractivity contribution is 0.101. The first-order valence-corrected chi connectivity index (χ1v) is 7.66. The minimum absolute atomic E-state index is 0.0550. The number of hydrogen-bond acceptors (Lipinski definition) is 2. The fourth-order valence-electron chi connectivity index (χ4n) is 3.95. The molecule has 0 aromatic heterocycles. The third kappa shape index (κ3) is 2.34. The van der Waals surface area contributed by atoms with Gasteiger partial charge in [0.1, 0.15) is 5.82 Å². The summed E-state index contributed by atoms with van der Waals surface area (Å²) in [6.45, 7) is 3.27. The van der Waals surface area contributed by atoms with Crippen molar-refractivity contribution < 1.29 is 9.18 Å². The zero-order valence-corrected chi connectivity index (χ0v) is 12.1. The van der Waals surface area contributed by atoms with Crippen LogP contribution < -0.4 is 4.90 Å². The lowest BCUT2D eigenvalue weighted by atomic mass is 9.77. The van der Waals surface area contributed by atoms with E-state index in [9.17, 15) is 9.18 Å². The Morgan fingerprint density at radius 1 is 1.15 bits per heavy atom. The second kappa shape index (κ2) is 5.19. The Morgan fingerprint density at radius 2 is 1.80 bits per heavy atom. The zero-order chi connectivity index (χ0) is 14.2. The van der Waals surface area contributed by atoms with Crippen molar-refractivity contribution in [3.05, 3.63) is 29.6 Å².